The van der Waals surface area contributed by atoms with Gasteiger partial charge in [0.1, 0.15) is 0 Å². The van der Waals surface area contributed by atoms with Gasteiger partial charge in [-0.1, -0.05) is 61.4 Å². The van der Waals surface area contributed by atoms with E-state index in [-0.39, 0.29) is 35.9 Å². The Kier molecular flexibility index (Phi) is 6.18. The van der Waals surface area contributed by atoms with Crippen molar-refractivity contribution in [1.82, 2.24) is 15.2 Å². The molecule has 2 aliphatic heterocycles. The zero-order valence-electron chi connectivity index (χ0n) is 20.3. The second kappa shape index (κ2) is 9.76. The van der Waals surface area contributed by atoms with Crippen LogP contribution in [0.15, 0.2) is 79.1 Å². The maximum atomic E-state index is 14.2. The number of nitrogens with one attached hydrogen (secondary N) is 2. The monoisotopic (exact) mass is 480 g/mol. The highest BCUT2D eigenvalue weighted by Gasteiger charge is 2.48. The molecule has 0 unspecified atom stereocenters. The van der Waals surface area contributed by atoms with E-state index in [1.54, 1.807) is 24.5 Å². The van der Waals surface area contributed by atoms with Crippen molar-refractivity contribution in [1.29, 1.82) is 0 Å². The van der Waals surface area contributed by atoms with Crippen LogP contribution in [0.1, 0.15) is 65.7 Å². The minimum Gasteiger partial charge on any atom is -0.378 e. The fourth-order valence-corrected chi connectivity index (χ4v) is 6.53. The van der Waals surface area contributed by atoms with Crippen LogP contribution in [0.4, 0.5) is 5.69 Å². The number of nitrogens with zero attached hydrogens (tertiary/aromatic N) is 2. The number of fused-ring (bicyclic) bond motifs is 3. The number of benzene rings is 2. The number of rotatable bonds is 4. The number of hydrogen-bond donors (Lipinski definition) is 2. The molecule has 2 fully saturated rings. The summed E-state index contributed by atoms with van der Waals surface area (Å²) in [6.07, 6.45) is 7.90. The summed E-state index contributed by atoms with van der Waals surface area (Å²) < 4.78 is 0. The second-order valence-electron chi connectivity index (χ2n) is 10.3. The molecule has 0 radical (unpaired) electrons. The van der Waals surface area contributed by atoms with Gasteiger partial charge in [-0.3, -0.25) is 14.6 Å². The fourth-order valence-electron chi connectivity index (χ4n) is 6.53. The molecule has 3 aromatic rings. The van der Waals surface area contributed by atoms with Crippen LogP contribution >= 0.6 is 0 Å². The standard InChI is InChI=1S/C30H32N4O2/c35-29(21-14-17-31-18-15-21)33-26-13-7-5-11-23(26)30(36)34-19-16-24-27(20-8-2-1-3-9-20)32-25-12-6-4-10-22(25)28(24)34/h1-4,6,8-10,12,14-15,17-18,23-24,26-28,32H,5,7,11,13,16,19H2,(H,33,35)/t23-,24-,26+,27-,28-/m0/s1. The van der Waals surface area contributed by atoms with Crippen LogP contribution < -0.4 is 10.6 Å². The Balaban J connectivity index is 1.28. The molecule has 0 spiro atoms. The molecule has 3 aliphatic rings. The fraction of sp³-hybridized carbons (Fsp3) is 0.367. The highest BCUT2D eigenvalue weighted by Crippen LogP contribution is 2.51. The van der Waals surface area contributed by atoms with E-state index in [4.69, 9.17) is 0 Å². The van der Waals surface area contributed by atoms with Gasteiger partial charge in [0.25, 0.3) is 5.91 Å². The number of carbonyl (C=O) groups is 2. The molecule has 0 bridgehead atoms. The van der Waals surface area contributed by atoms with Gasteiger partial charge < -0.3 is 15.5 Å². The number of carbonyl (C=O) groups excluding carboxylic acids is 2. The van der Waals surface area contributed by atoms with E-state index in [1.807, 2.05) is 6.07 Å². The normalized spacial score (nSPS) is 26.9. The van der Waals surface area contributed by atoms with Gasteiger partial charge in [0.2, 0.25) is 5.91 Å². The zero-order chi connectivity index (χ0) is 24.5. The molecule has 3 heterocycles. The van der Waals surface area contributed by atoms with Crippen molar-refractivity contribution in [2.75, 3.05) is 11.9 Å². The molecule has 1 saturated carbocycles. The number of amides is 2. The maximum Gasteiger partial charge on any atom is 0.251 e. The van der Waals surface area contributed by atoms with Gasteiger partial charge in [-0.25, -0.2) is 0 Å². The molecular weight excluding hydrogens is 448 g/mol. The van der Waals surface area contributed by atoms with Gasteiger partial charge in [0, 0.05) is 42.1 Å². The first-order valence-corrected chi connectivity index (χ1v) is 13.1. The van der Waals surface area contributed by atoms with Crippen molar-refractivity contribution in [2.45, 2.75) is 50.2 Å². The number of hydrogen-bond acceptors (Lipinski definition) is 4. The lowest BCUT2D eigenvalue weighted by molar-refractivity contribution is -0.138. The lowest BCUT2D eigenvalue weighted by atomic mass is 9.79. The van der Waals surface area contributed by atoms with Gasteiger partial charge in [-0.2, -0.15) is 0 Å². The average molecular weight is 481 g/mol. The molecule has 2 aromatic carbocycles. The predicted octanol–water partition coefficient (Wildman–Crippen LogP) is 5.13. The van der Waals surface area contributed by atoms with E-state index in [1.165, 1.54) is 11.1 Å². The minimum absolute atomic E-state index is 0.0404. The minimum atomic E-state index is -0.194. The van der Waals surface area contributed by atoms with Crippen molar-refractivity contribution in [2.24, 2.45) is 11.8 Å². The Bertz CT molecular complexity index is 1230. The smallest absolute Gasteiger partial charge is 0.251 e. The van der Waals surface area contributed by atoms with Crippen molar-refractivity contribution in [3.05, 3.63) is 95.8 Å². The van der Waals surface area contributed by atoms with Crippen LogP contribution in [0.3, 0.4) is 0 Å². The zero-order valence-corrected chi connectivity index (χ0v) is 20.3. The van der Waals surface area contributed by atoms with Crippen LogP contribution in [0.25, 0.3) is 0 Å². The molecular formula is C30H32N4O2. The number of aromatic nitrogens is 1. The Morgan fingerprint density at radius 1 is 0.889 bits per heavy atom. The van der Waals surface area contributed by atoms with Gasteiger partial charge in [0.05, 0.1) is 18.0 Å². The lowest BCUT2D eigenvalue weighted by Gasteiger charge is -2.42. The number of likely N-dealkylation sites (tertiary alicyclic amines) is 1. The van der Waals surface area contributed by atoms with Gasteiger partial charge in [-0.15, -0.1) is 0 Å². The largest absolute Gasteiger partial charge is 0.378 e. The Labute approximate surface area is 212 Å². The molecule has 6 nitrogen and oxygen atoms in total. The molecule has 36 heavy (non-hydrogen) atoms. The van der Waals surface area contributed by atoms with Crippen molar-refractivity contribution < 1.29 is 9.59 Å². The van der Waals surface area contributed by atoms with E-state index in [0.717, 1.165) is 44.3 Å². The number of anilines is 1. The highest BCUT2D eigenvalue weighted by atomic mass is 16.2. The van der Waals surface area contributed by atoms with Crippen molar-refractivity contribution in [3.8, 4) is 0 Å². The first-order chi connectivity index (χ1) is 17.7. The van der Waals surface area contributed by atoms with Gasteiger partial charge in [-0.05, 0) is 48.6 Å². The predicted molar refractivity (Wildman–Crippen MR) is 139 cm³/mol. The van der Waals surface area contributed by atoms with Gasteiger partial charge >= 0.3 is 0 Å². The third-order valence-electron chi connectivity index (χ3n) is 8.25. The Morgan fingerprint density at radius 3 is 2.47 bits per heavy atom. The molecule has 184 valence electrons. The van der Waals surface area contributed by atoms with Crippen LogP contribution in [0, 0.1) is 11.8 Å². The SMILES string of the molecule is O=C(N[C@@H]1CCCC[C@@H]1C(=O)N1CC[C@H]2[C@H](c3ccccc3)Nc3ccccc3[C@@H]21)c1ccncc1. The summed E-state index contributed by atoms with van der Waals surface area (Å²) in [6, 6.07) is 22.5. The van der Waals surface area contributed by atoms with E-state index in [2.05, 4.69) is 69.0 Å². The molecule has 5 atom stereocenters. The summed E-state index contributed by atoms with van der Waals surface area (Å²) in [5, 5.41) is 6.97. The third-order valence-corrected chi connectivity index (χ3v) is 8.25. The Morgan fingerprint density at radius 2 is 1.64 bits per heavy atom. The molecule has 2 amide bonds. The van der Waals surface area contributed by atoms with Gasteiger partial charge in [0.15, 0.2) is 0 Å². The second-order valence-corrected chi connectivity index (χ2v) is 10.3. The summed E-state index contributed by atoms with van der Waals surface area (Å²) in [6.45, 7) is 0.745. The third kappa shape index (κ3) is 4.15. The lowest BCUT2D eigenvalue weighted by Crippen LogP contribution is -2.50. The molecule has 1 aromatic heterocycles. The van der Waals surface area contributed by atoms with Crippen molar-refractivity contribution >= 4 is 17.5 Å². The van der Waals surface area contributed by atoms with E-state index >= 15 is 0 Å². The van der Waals surface area contributed by atoms with Crippen LogP contribution in [0.2, 0.25) is 0 Å². The summed E-state index contributed by atoms with van der Waals surface area (Å²) in [4.78, 5) is 33.2. The van der Waals surface area contributed by atoms with Crippen LogP contribution in [0.5, 0.6) is 0 Å². The maximum absolute atomic E-state index is 14.2. The molecule has 6 heteroatoms. The number of pyridine rings is 1. The topological polar surface area (TPSA) is 74.3 Å². The molecule has 6 rings (SSSR count). The summed E-state index contributed by atoms with van der Waals surface area (Å²) in [5.41, 5.74) is 4.16. The summed E-state index contributed by atoms with van der Waals surface area (Å²) >= 11 is 0. The van der Waals surface area contributed by atoms with E-state index in [9.17, 15) is 9.59 Å². The summed E-state index contributed by atoms with van der Waals surface area (Å²) in [7, 11) is 0. The Hall–Kier alpha value is -3.67. The molecule has 1 saturated heterocycles. The van der Waals surface area contributed by atoms with Crippen LogP contribution in [-0.4, -0.2) is 34.3 Å². The van der Waals surface area contributed by atoms with E-state index in [0.29, 0.717) is 11.5 Å². The quantitative estimate of drug-likeness (QED) is 0.543. The molecule has 2 N–H and O–H groups in total. The first-order valence-electron chi connectivity index (χ1n) is 13.1. The van der Waals surface area contributed by atoms with Crippen molar-refractivity contribution in [3.63, 3.8) is 0 Å². The van der Waals surface area contributed by atoms with Crippen LogP contribution in [-0.2, 0) is 4.79 Å². The first kappa shape index (κ1) is 22.8. The average Bonchev–Trinajstić information content (AvgIpc) is 3.39. The molecule has 1 aliphatic carbocycles. The number of para-hydroxylation sites is 1. The summed E-state index contributed by atoms with van der Waals surface area (Å²) in [5.74, 6) is 0.170. The highest BCUT2D eigenvalue weighted by molar-refractivity contribution is 5.94. The van der Waals surface area contributed by atoms with E-state index < -0.39 is 0 Å².